The molecule has 0 heterocycles. The first-order valence-electron chi connectivity index (χ1n) is 6.16. The van der Waals surface area contributed by atoms with Gasteiger partial charge in [-0.2, -0.15) is 5.10 Å². The molecule has 0 fully saturated rings. The number of hydrogen-bond donors (Lipinski definition) is 1. The van der Waals surface area contributed by atoms with Gasteiger partial charge in [0.2, 0.25) is 0 Å². The second kappa shape index (κ2) is 6.65. The van der Waals surface area contributed by atoms with Crippen molar-refractivity contribution in [2.45, 2.75) is 6.92 Å². The van der Waals surface area contributed by atoms with Crippen LogP contribution in [0.4, 0.5) is 14.5 Å². The average molecular weight is 276 g/mol. The zero-order valence-electron chi connectivity index (χ0n) is 10.9. The van der Waals surface area contributed by atoms with Crippen LogP contribution in [-0.4, -0.2) is 12.8 Å². The molecular weight excluding hydrogens is 262 g/mol. The average Bonchev–Trinajstić information content (AvgIpc) is 2.43. The molecule has 0 spiro atoms. The zero-order chi connectivity index (χ0) is 14.4. The predicted octanol–water partition coefficient (Wildman–Crippen LogP) is 3.81. The molecule has 5 heteroatoms. The molecule has 0 saturated heterocycles. The van der Waals surface area contributed by atoms with E-state index in [0.717, 1.165) is 23.4 Å². The second-order valence-electron chi connectivity index (χ2n) is 4.00. The number of rotatable bonds is 5. The lowest BCUT2D eigenvalue weighted by atomic mass is 10.2. The first-order chi connectivity index (χ1) is 9.69. The minimum absolute atomic E-state index is 0.119. The van der Waals surface area contributed by atoms with Crippen molar-refractivity contribution in [1.82, 2.24) is 0 Å². The Kier molecular flexibility index (Phi) is 4.65. The Bertz CT molecular complexity index is 597. The van der Waals surface area contributed by atoms with Crippen molar-refractivity contribution in [2.75, 3.05) is 12.0 Å². The van der Waals surface area contributed by atoms with Gasteiger partial charge in [-0.1, -0.05) is 0 Å². The third kappa shape index (κ3) is 3.78. The third-order valence-electron chi connectivity index (χ3n) is 2.52. The molecule has 0 aliphatic carbocycles. The molecule has 0 aliphatic rings. The number of ether oxygens (including phenoxy) is 1. The van der Waals surface area contributed by atoms with Crippen molar-refractivity contribution < 1.29 is 13.5 Å². The molecule has 0 aliphatic heterocycles. The highest BCUT2D eigenvalue weighted by molar-refractivity contribution is 5.80. The fraction of sp³-hybridized carbons (Fsp3) is 0.133. The van der Waals surface area contributed by atoms with Crippen LogP contribution in [0.25, 0.3) is 0 Å². The van der Waals surface area contributed by atoms with E-state index in [-0.39, 0.29) is 5.69 Å². The number of nitrogens with one attached hydrogen (secondary N) is 1. The van der Waals surface area contributed by atoms with Crippen LogP contribution in [0.1, 0.15) is 12.5 Å². The smallest absolute Gasteiger partial charge is 0.151 e. The quantitative estimate of drug-likeness (QED) is 0.665. The Morgan fingerprint density at radius 3 is 2.55 bits per heavy atom. The molecule has 0 amide bonds. The lowest BCUT2D eigenvalue weighted by Gasteiger charge is -2.03. The fourth-order valence-electron chi connectivity index (χ4n) is 1.57. The number of halogens is 2. The highest BCUT2D eigenvalue weighted by Gasteiger charge is 2.01. The lowest BCUT2D eigenvalue weighted by molar-refractivity contribution is 0.340. The first-order valence-corrected chi connectivity index (χ1v) is 6.16. The van der Waals surface area contributed by atoms with Gasteiger partial charge in [-0.3, -0.25) is 5.43 Å². The zero-order valence-corrected chi connectivity index (χ0v) is 10.9. The van der Waals surface area contributed by atoms with Crippen LogP contribution >= 0.6 is 0 Å². The summed E-state index contributed by atoms with van der Waals surface area (Å²) in [6, 6.07) is 10.6. The molecule has 0 unspecified atom stereocenters. The molecule has 0 bridgehead atoms. The van der Waals surface area contributed by atoms with E-state index in [2.05, 4.69) is 10.5 Å². The number of nitrogens with zero attached hydrogens (tertiary/aromatic N) is 1. The molecule has 20 heavy (non-hydrogen) atoms. The summed E-state index contributed by atoms with van der Waals surface area (Å²) < 4.78 is 31.4. The van der Waals surface area contributed by atoms with Crippen LogP contribution in [0.2, 0.25) is 0 Å². The summed E-state index contributed by atoms with van der Waals surface area (Å²) in [5.41, 5.74) is 3.48. The molecular formula is C15H14F2N2O. The van der Waals surface area contributed by atoms with Crippen LogP contribution in [0.15, 0.2) is 47.6 Å². The summed E-state index contributed by atoms with van der Waals surface area (Å²) in [5.74, 6) is -0.528. The van der Waals surface area contributed by atoms with E-state index in [1.54, 1.807) is 6.21 Å². The Morgan fingerprint density at radius 2 is 1.90 bits per heavy atom. The number of hydrazone groups is 1. The van der Waals surface area contributed by atoms with Crippen LogP contribution in [0, 0.1) is 11.6 Å². The molecule has 0 saturated carbocycles. The Balaban J connectivity index is 1.99. The molecule has 0 radical (unpaired) electrons. The maximum atomic E-state index is 13.3. The molecule has 0 atom stereocenters. The number of benzene rings is 2. The molecule has 104 valence electrons. The molecule has 2 rings (SSSR count). The molecule has 1 N–H and O–H groups in total. The maximum absolute atomic E-state index is 13.3. The maximum Gasteiger partial charge on any atom is 0.151 e. The Morgan fingerprint density at radius 1 is 1.15 bits per heavy atom. The monoisotopic (exact) mass is 276 g/mol. The van der Waals surface area contributed by atoms with Crippen molar-refractivity contribution >= 4 is 11.9 Å². The van der Waals surface area contributed by atoms with Gasteiger partial charge in [-0.25, -0.2) is 8.78 Å². The normalized spacial score (nSPS) is 10.8. The predicted molar refractivity (Wildman–Crippen MR) is 75.2 cm³/mol. The Labute approximate surface area is 115 Å². The van der Waals surface area contributed by atoms with E-state index in [0.29, 0.717) is 6.61 Å². The number of hydrogen-bond acceptors (Lipinski definition) is 3. The van der Waals surface area contributed by atoms with E-state index in [1.165, 1.54) is 6.07 Å². The van der Waals surface area contributed by atoms with Crippen molar-refractivity contribution in [3.05, 3.63) is 59.7 Å². The third-order valence-corrected chi connectivity index (χ3v) is 2.52. The van der Waals surface area contributed by atoms with Crippen molar-refractivity contribution in [3.63, 3.8) is 0 Å². The van der Waals surface area contributed by atoms with Gasteiger partial charge in [0, 0.05) is 6.07 Å². The fourth-order valence-corrected chi connectivity index (χ4v) is 1.57. The summed E-state index contributed by atoms with van der Waals surface area (Å²) in [4.78, 5) is 0. The van der Waals surface area contributed by atoms with Gasteiger partial charge in [-0.15, -0.1) is 0 Å². The largest absolute Gasteiger partial charge is 0.494 e. The summed E-state index contributed by atoms with van der Waals surface area (Å²) >= 11 is 0. The highest BCUT2D eigenvalue weighted by atomic mass is 19.1. The van der Waals surface area contributed by atoms with Crippen LogP contribution < -0.4 is 10.2 Å². The SMILES string of the molecule is CCOc1ccc(/C=N/Nc2ccc(F)cc2F)cc1. The van der Waals surface area contributed by atoms with Crippen molar-refractivity contribution in [2.24, 2.45) is 5.10 Å². The van der Waals surface area contributed by atoms with Gasteiger partial charge in [0.15, 0.2) is 5.82 Å². The van der Waals surface area contributed by atoms with Crippen LogP contribution in [0.5, 0.6) is 5.75 Å². The van der Waals surface area contributed by atoms with Crippen LogP contribution in [0.3, 0.4) is 0 Å². The summed E-state index contributed by atoms with van der Waals surface area (Å²) in [6.07, 6.45) is 1.54. The minimum atomic E-state index is -0.686. The summed E-state index contributed by atoms with van der Waals surface area (Å²) in [6.45, 7) is 2.52. The van der Waals surface area contributed by atoms with Crippen molar-refractivity contribution in [3.8, 4) is 5.75 Å². The van der Waals surface area contributed by atoms with Crippen LogP contribution in [-0.2, 0) is 0 Å². The van der Waals surface area contributed by atoms with Gasteiger partial charge in [0.05, 0.1) is 18.5 Å². The van der Waals surface area contributed by atoms with Gasteiger partial charge in [0.25, 0.3) is 0 Å². The molecule has 0 aromatic heterocycles. The standard InChI is InChI=1S/C15H14F2N2O/c1-2-20-13-6-3-11(4-7-13)10-18-19-15-8-5-12(16)9-14(15)17/h3-10,19H,2H2,1H3/b18-10+. The molecule has 3 nitrogen and oxygen atoms in total. The van der Waals surface area contributed by atoms with Gasteiger partial charge in [0.1, 0.15) is 11.6 Å². The van der Waals surface area contributed by atoms with Gasteiger partial charge < -0.3 is 4.74 Å². The first kappa shape index (κ1) is 14.0. The van der Waals surface area contributed by atoms with E-state index in [1.807, 2.05) is 31.2 Å². The van der Waals surface area contributed by atoms with E-state index in [4.69, 9.17) is 4.74 Å². The summed E-state index contributed by atoms with van der Waals surface area (Å²) in [7, 11) is 0. The second-order valence-corrected chi connectivity index (χ2v) is 4.00. The minimum Gasteiger partial charge on any atom is -0.494 e. The van der Waals surface area contributed by atoms with E-state index < -0.39 is 11.6 Å². The highest BCUT2D eigenvalue weighted by Crippen LogP contribution is 2.15. The topological polar surface area (TPSA) is 33.6 Å². The molecule has 2 aromatic carbocycles. The Hall–Kier alpha value is -2.43. The van der Waals surface area contributed by atoms with E-state index in [9.17, 15) is 8.78 Å². The number of anilines is 1. The van der Waals surface area contributed by atoms with Gasteiger partial charge >= 0.3 is 0 Å². The summed E-state index contributed by atoms with van der Waals surface area (Å²) in [5, 5.41) is 3.90. The lowest BCUT2D eigenvalue weighted by Crippen LogP contribution is -1.95. The van der Waals surface area contributed by atoms with Gasteiger partial charge in [-0.05, 0) is 48.9 Å². The van der Waals surface area contributed by atoms with Crippen molar-refractivity contribution in [1.29, 1.82) is 0 Å². The molecule has 2 aromatic rings. The van der Waals surface area contributed by atoms with E-state index >= 15 is 0 Å².